The number of hydrogen-bond donors (Lipinski definition) is 2. The molecular formula is C12H22N4O2. The fourth-order valence-corrected chi connectivity index (χ4v) is 1.75. The third-order valence-corrected chi connectivity index (χ3v) is 2.89. The van der Waals surface area contributed by atoms with Crippen molar-refractivity contribution < 1.29 is 9.53 Å². The molecule has 6 nitrogen and oxygen atoms in total. The van der Waals surface area contributed by atoms with E-state index in [0.717, 1.165) is 5.69 Å². The number of esters is 1. The smallest absolute Gasteiger partial charge is 0.328 e. The summed E-state index contributed by atoms with van der Waals surface area (Å²) >= 11 is 0. The van der Waals surface area contributed by atoms with Crippen LogP contribution in [0, 0.1) is 12.8 Å². The molecule has 1 rings (SSSR count). The Morgan fingerprint density at radius 3 is 2.61 bits per heavy atom. The highest BCUT2D eigenvalue weighted by atomic mass is 16.5. The van der Waals surface area contributed by atoms with Gasteiger partial charge in [-0.05, 0) is 19.8 Å². The third-order valence-electron chi connectivity index (χ3n) is 2.89. The maximum atomic E-state index is 11.7. The van der Waals surface area contributed by atoms with Gasteiger partial charge in [0.05, 0.1) is 18.5 Å². The molecular weight excluding hydrogens is 232 g/mol. The van der Waals surface area contributed by atoms with Gasteiger partial charge >= 0.3 is 5.97 Å². The van der Waals surface area contributed by atoms with E-state index in [-0.39, 0.29) is 11.9 Å². The van der Waals surface area contributed by atoms with Gasteiger partial charge in [0, 0.05) is 6.54 Å². The highest BCUT2D eigenvalue weighted by molar-refractivity contribution is 5.81. The minimum Gasteiger partial charge on any atom is -0.467 e. The van der Waals surface area contributed by atoms with Gasteiger partial charge in [0.2, 0.25) is 0 Å². The Morgan fingerprint density at radius 1 is 1.56 bits per heavy atom. The first-order valence-electron chi connectivity index (χ1n) is 6.09. The number of ether oxygens (including phenoxy) is 1. The molecule has 0 aliphatic carbocycles. The van der Waals surface area contributed by atoms with Crippen LogP contribution in [0.5, 0.6) is 0 Å². The van der Waals surface area contributed by atoms with E-state index in [1.54, 1.807) is 4.68 Å². The summed E-state index contributed by atoms with van der Waals surface area (Å²) in [6.07, 6.45) is 0. The van der Waals surface area contributed by atoms with Crippen molar-refractivity contribution >= 4 is 17.5 Å². The van der Waals surface area contributed by atoms with Crippen LogP contribution in [0.15, 0.2) is 0 Å². The van der Waals surface area contributed by atoms with Crippen LogP contribution in [0.4, 0.5) is 11.5 Å². The lowest BCUT2D eigenvalue weighted by molar-refractivity contribution is -0.142. The molecule has 0 bridgehead atoms. The number of aryl methyl sites for hydroxylation is 2. The molecule has 18 heavy (non-hydrogen) atoms. The third kappa shape index (κ3) is 2.75. The van der Waals surface area contributed by atoms with Crippen molar-refractivity contribution in [3.63, 3.8) is 0 Å². The molecule has 0 fully saturated rings. The molecule has 0 aliphatic rings. The first-order valence-corrected chi connectivity index (χ1v) is 6.09. The number of nitrogen functional groups attached to an aromatic ring is 1. The van der Waals surface area contributed by atoms with Crippen LogP contribution in [0.25, 0.3) is 0 Å². The zero-order chi connectivity index (χ0) is 13.9. The molecule has 0 aliphatic heterocycles. The molecule has 0 saturated carbocycles. The minimum absolute atomic E-state index is 0.0948. The predicted molar refractivity (Wildman–Crippen MR) is 71.3 cm³/mol. The van der Waals surface area contributed by atoms with Gasteiger partial charge in [0.1, 0.15) is 11.9 Å². The molecule has 102 valence electrons. The number of aromatic nitrogens is 2. The highest BCUT2D eigenvalue weighted by Crippen LogP contribution is 2.24. The molecule has 6 heteroatoms. The van der Waals surface area contributed by atoms with Crippen LogP contribution in [-0.4, -0.2) is 28.9 Å². The average Bonchev–Trinajstić information content (AvgIpc) is 2.61. The fraction of sp³-hybridized carbons (Fsp3) is 0.667. The summed E-state index contributed by atoms with van der Waals surface area (Å²) in [5.74, 6) is 0.474. The van der Waals surface area contributed by atoms with Crippen LogP contribution in [0.3, 0.4) is 0 Å². The number of nitrogens with two attached hydrogens (primary N) is 1. The molecule has 0 spiro atoms. The Bertz CT molecular complexity index is 426. The van der Waals surface area contributed by atoms with Crippen molar-refractivity contribution in [2.75, 3.05) is 18.2 Å². The number of anilines is 2. The average molecular weight is 254 g/mol. The standard InChI is InChI=1S/C12H22N4O2/c1-6-16-11(9(13)8(4)15-16)14-10(7(2)3)12(17)18-5/h7,10,14H,6,13H2,1-5H3. The second-order valence-corrected chi connectivity index (χ2v) is 4.55. The number of nitrogens with one attached hydrogen (secondary N) is 1. The van der Waals surface area contributed by atoms with Gasteiger partial charge in [-0.1, -0.05) is 13.8 Å². The summed E-state index contributed by atoms with van der Waals surface area (Å²) in [5.41, 5.74) is 7.30. The first kappa shape index (κ1) is 14.3. The lowest BCUT2D eigenvalue weighted by Gasteiger charge is -2.21. The maximum absolute atomic E-state index is 11.7. The molecule has 1 aromatic heterocycles. The van der Waals surface area contributed by atoms with Gasteiger partial charge in [0.15, 0.2) is 0 Å². The van der Waals surface area contributed by atoms with Gasteiger partial charge in [0.25, 0.3) is 0 Å². The van der Waals surface area contributed by atoms with E-state index in [9.17, 15) is 4.79 Å². The van der Waals surface area contributed by atoms with E-state index in [2.05, 4.69) is 10.4 Å². The lowest BCUT2D eigenvalue weighted by atomic mass is 10.0. The van der Waals surface area contributed by atoms with Gasteiger partial charge in [-0.25, -0.2) is 9.48 Å². The summed E-state index contributed by atoms with van der Waals surface area (Å²) < 4.78 is 6.55. The summed E-state index contributed by atoms with van der Waals surface area (Å²) in [6, 6.07) is -0.432. The maximum Gasteiger partial charge on any atom is 0.328 e. The van der Waals surface area contributed by atoms with Crippen molar-refractivity contribution in [2.24, 2.45) is 5.92 Å². The van der Waals surface area contributed by atoms with Crippen molar-refractivity contribution in [1.82, 2.24) is 9.78 Å². The number of hydrogen-bond acceptors (Lipinski definition) is 5. The van der Waals surface area contributed by atoms with Gasteiger partial charge in [-0.3, -0.25) is 0 Å². The molecule has 1 aromatic rings. The van der Waals surface area contributed by atoms with E-state index >= 15 is 0 Å². The normalized spacial score (nSPS) is 12.6. The number of rotatable bonds is 5. The summed E-state index contributed by atoms with van der Waals surface area (Å²) in [6.45, 7) is 8.40. The Balaban J connectivity index is 3.04. The van der Waals surface area contributed by atoms with Crippen molar-refractivity contribution in [1.29, 1.82) is 0 Å². The van der Waals surface area contributed by atoms with Crippen LogP contribution < -0.4 is 11.1 Å². The number of carbonyl (C=O) groups excluding carboxylic acids is 1. The van der Waals surface area contributed by atoms with Crippen LogP contribution in [-0.2, 0) is 16.1 Å². The van der Waals surface area contributed by atoms with E-state index < -0.39 is 6.04 Å². The number of carbonyl (C=O) groups is 1. The fourth-order valence-electron chi connectivity index (χ4n) is 1.75. The summed E-state index contributed by atoms with van der Waals surface area (Å²) in [4.78, 5) is 11.7. The van der Waals surface area contributed by atoms with Crippen LogP contribution >= 0.6 is 0 Å². The molecule has 0 amide bonds. The zero-order valence-electron chi connectivity index (χ0n) is 11.7. The second kappa shape index (κ2) is 5.75. The summed E-state index contributed by atoms with van der Waals surface area (Å²) in [7, 11) is 1.38. The van der Waals surface area contributed by atoms with E-state index in [1.165, 1.54) is 7.11 Å². The Hall–Kier alpha value is -1.72. The Morgan fingerprint density at radius 2 is 2.17 bits per heavy atom. The largest absolute Gasteiger partial charge is 0.467 e. The quantitative estimate of drug-likeness (QED) is 0.776. The Kier molecular flexibility index (Phi) is 4.58. The molecule has 0 saturated heterocycles. The molecule has 1 unspecified atom stereocenters. The predicted octanol–water partition coefficient (Wildman–Crippen LogP) is 1.40. The minimum atomic E-state index is -0.432. The molecule has 3 N–H and O–H groups in total. The SMILES string of the molecule is CCn1nc(C)c(N)c1NC(C(=O)OC)C(C)C. The number of nitrogens with zero attached hydrogens (tertiary/aromatic N) is 2. The second-order valence-electron chi connectivity index (χ2n) is 4.55. The monoisotopic (exact) mass is 254 g/mol. The van der Waals surface area contributed by atoms with Gasteiger partial charge < -0.3 is 15.8 Å². The number of methoxy groups -OCH3 is 1. The molecule has 0 radical (unpaired) electrons. The van der Waals surface area contributed by atoms with E-state index in [4.69, 9.17) is 10.5 Å². The molecule has 1 atom stereocenters. The zero-order valence-corrected chi connectivity index (χ0v) is 11.7. The van der Waals surface area contributed by atoms with Crippen molar-refractivity contribution in [3.05, 3.63) is 5.69 Å². The van der Waals surface area contributed by atoms with E-state index in [1.807, 2.05) is 27.7 Å². The van der Waals surface area contributed by atoms with Gasteiger partial charge in [-0.15, -0.1) is 0 Å². The van der Waals surface area contributed by atoms with Crippen LogP contribution in [0.2, 0.25) is 0 Å². The van der Waals surface area contributed by atoms with Gasteiger partial charge in [-0.2, -0.15) is 5.10 Å². The van der Waals surface area contributed by atoms with Crippen LogP contribution in [0.1, 0.15) is 26.5 Å². The van der Waals surface area contributed by atoms with E-state index in [0.29, 0.717) is 18.1 Å². The first-order chi connectivity index (χ1) is 8.42. The van der Waals surface area contributed by atoms with Crippen molar-refractivity contribution in [3.8, 4) is 0 Å². The summed E-state index contributed by atoms with van der Waals surface area (Å²) in [5, 5.41) is 7.44. The lowest BCUT2D eigenvalue weighted by Crippen LogP contribution is -2.36. The highest BCUT2D eigenvalue weighted by Gasteiger charge is 2.25. The Labute approximate surface area is 107 Å². The molecule has 0 aromatic carbocycles. The van der Waals surface area contributed by atoms with Crippen molar-refractivity contribution in [2.45, 2.75) is 40.3 Å². The molecule has 1 heterocycles. The topological polar surface area (TPSA) is 82.2 Å².